The SMILES string of the molecule is CON(C)C(=O)COc1c(C)cc(C)cc1C. The van der Waals surface area contributed by atoms with Crippen molar-refractivity contribution in [3.05, 3.63) is 28.8 Å². The maximum absolute atomic E-state index is 11.5. The largest absolute Gasteiger partial charge is 0.483 e. The van der Waals surface area contributed by atoms with Gasteiger partial charge in [0.15, 0.2) is 6.61 Å². The molecule has 1 rings (SSSR count). The van der Waals surface area contributed by atoms with E-state index < -0.39 is 0 Å². The van der Waals surface area contributed by atoms with Crippen LogP contribution in [0.3, 0.4) is 0 Å². The number of likely N-dealkylation sites (N-methyl/N-ethyl adjacent to an activating group) is 1. The lowest BCUT2D eigenvalue weighted by molar-refractivity contribution is -0.170. The maximum atomic E-state index is 11.5. The summed E-state index contributed by atoms with van der Waals surface area (Å²) in [5.41, 5.74) is 3.26. The van der Waals surface area contributed by atoms with Crippen molar-refractivity contribution in [2.75, 3.05) is 20.8 Å². The smallest absolute Gasteiger partial charge is 0.283 e. The first kappa shape index (κ1) is 13.5. The minimum Gasteiger partial charge on any atom is -0.483 e. The quantitative estimate of drug-likeness (QED) is 0.752. The topological polar surface area (TPSA) is 38.8 Å². The Bertz CT molecular complexity index is 392. The molecule has 0 radical (unpaired) electrons. The van der Waals surface area contributed by atoms with Gasteiger partial charge in [0.1, 0.15) is 5.75 Å². The Hall–Kier alpha value is -1.55. The van der Waals surface area contributed by atoms with Crippen molar-refractivity contribution in [3.63, 3.8) is 0 Å². The molecule has 1 aromatic rings. The third kappa shape index (κ3) is 3.46. The van der Waals surface area contributed by atoms with Crippen molar-refractivity contribution in [1.29, 1.82) is 0 Å². The van der Waals surface area contributed by atoms with E-state index >= 15 is 0 Å². The molecule has 94 valence electrons. The minimum atomic E-state index is -0.216. The van der Waals surface area contributed by atoms with Gasteiger partial charge in [0.25, 0.3) is 5.91 Å². The van der Waals surface area contributed by atoms with E-state index in [-0.39, 0.29) is 12.5 Å². The van der Waals surface area contributed by atoms with Crippen LogP contribution in [0.25, 0.3) is 0 Å². The van der Waals surface area contributed by atoms with Crippen LogP contribution in [0.4, 0.5) is 0 Å². The lowest BCUT2D eigenvalue weighted by Crippen LogP contribution is -2.30. The van der Waals surface area contributed by atoms with E-state index in [1.807, 2.05) is 32.9 Å². The summed E-state index contributed by atoms with van der Waals surface area (Å²) in [6.07, 6.45) is 0. The fraction of sp³-hybridized carbons (Fsp3) is 0.462. The molecule has 1 amide bonds. The second-order valence-corrected chi connectivity index (χ2v) is 4.09. The highest BCUT2D eigenvalue weighted by Gasteiger charge is 2.11. The van der Waals surface area contributed by atoms with E-state index in [2.05, 4.69) is 0 Å². The van der Waals surface area contributed by atoms with Gasteiger partial charge in [0.05, 0.1) is 7.11 Å². The van der Waals surface area contributed by atoms with Gasteiger partial charge in [-0.2, -0.15) is 0 Å². The number of amides is 1. The molecular weight excluding hydrogens is 218 g/mol. The van der Waals surface area contributed by atoms with E-state index in [0.717, 1.165) is 21.9 Å². The highest BCUT2D eigenvalue weighted by molar-refractivity contribution is 5.76. The molecule has 0 aliphatic heterocycles. The Morgan fingerprint density at radius 3 is 2.24 bits per heavy atom. The number of carbonyl (C=O) groups excluding carboxylic acids is 1. The van der Waals surface area contributed by atoms with Crippen molar-refractivity contribution in [3.8, 4) is 5.75 Å². The molecule has 0 aromatic heterocycles. The number of hydrogen-bond acceptors (Lipinski definition) is 3. The molecule has 0 aliphatic carbocycles. The lowest BCUT2D eigenvalue weighted by atomic mass is 10.1. The average molecular weight is 237 g/mol. The van der Waals surface area contributed by atoms with E-state index in [4.69, 9.17) is 9.57 Å². The first-order chi connectivity index (χ1) is 7.95. The van der Waals surface area contributed by atoms with Crippen LogP contribution in [0.1, 0.15) is 16.7 Å². The first-order valence-electron chi connectivity index (χ1n) is 5.47. The summed E-state index contributed by atoms with van der Waals surface area (Å²) in [6.45, 7) is 5.96. The lowest BCUT2D eigenvalue weighted by Gasteiger charge is -2.16. The van der Waals surface area contributed by atoms with Crippen LogP contribution in [-0.2, 0) is 9.63 Å². The predicted molar refractivity (Wildman–Crippen MR) is 65.9 cm³/mol. The van der Waals surface area contributed by atoms with E-state index in [9.17, 15) is 4.79 Å². The molecular formula is C13H19NO3. The van der Waals surface area contributed by atoms with Gasteiger partial charge in [0.2, 0.25) is 0 Å². The third-order valence-corrected chi connectivity index (χ3v) is 2.57. The van der Waals surface area contributed by atoms with Crippen LogP contribution in [0.2, 0.25) is 0 Å². The molecule has 0 heterocycles. The molecule has 0 fully saturated rings. The monoisotopic (exact) mass is 237 g/mol. The Labute approximate surface area is 102 Å². The van der Waals surface area contributed by atoms with Gasteiger partial charge < -0.3 is 4.74 Å². The Morgan fingerprint density at radius 1 is 1.24 bits per heavy atom. The highest BCUT2D eigenvalue weighted by Crippen LogP contribution is 2.24. The van der Waals surface area contributed by atoms with Crippen LogP contribution < -0.4 is 4.74 Å². The molecule has 17 heavy (non-hydrogen) atoms. The fourth-order valence-electron chi connectivity index (χ4n) is 1.72. The van der Waals surface area contributed by atoms with Crippen LogP contribution in [-0.4, -0.2) is 31.7 Å². The van der Waals surface area contributed by atoms with Gasteiger partial charge in [-0.3, -0.25) is 9.63 Å². The number of rotatable bonds is 4. The summed E-state index contributed by atoms with van der Waals surface area (Å²) in [5, 5.41) is 1.15. The van der Waals surface area contributed by atoms with Crippen molar-refractivity contribution < 1.29 is 14.4 Å². The zero-order chi connectivity index (χ0) is 13.0. The van der Waals surface area contributed by atoms with Gasteiger partial charge in [-0.25, -0.2) is 5.06 Å². The van der Waals surface area contributed by atoms with Crippen LogP contribution in [0.5, 0.6) is 5.75 Å². The molecule has 0 saturated heterocycles. The van der Waals surface area contributed by atoms with Gasteiger partial charge in [-0.05, 0) is 31.9 Å². The summed E-state index contributed by atoms with van der Waals surface area (Å²) >= 11 is 0. The number of benzene rings is 1. The normalized spacial score (nSPS) is 10.2. The van der Waals surface area contributed by atoms with Crippen molar-refractivity contribution in [2.45, 2.75) is 20.8 Å². The first-order valence-corrected chi connectivity index (χ1v) is 5.47. The molecule has 0 bridgehead atoms. The van der Waals surface area contributed by atoms with E-state index in [1.165, 1.54) is 12.7 Å². The van der Waals surface area contributed by atoms with E-state index in [0.29, 0.717) is 0 Å². The fourth-order valence-corrected chi connectivity index (χ4v) is 1.72. The van der Waals surface area contributed by atoms with Gasteiger partial charge in [0, 0.05) is 7.05 Å². The van der Waals surface area contributed by atoms with Crippen LogP contribution in [0, 0.1) is 20.8 Å². The molecule has 0 aliphatic rings. The van der Waals surface area contributed by atoms with Gasteiger partial charge in [-0.1, -0.05) is 17.7 Å². The second kappa shape index (κ2) is 5.68. The summed E-state index contributed by atoms with van der Waals surface area (Å²) in [4.78, 5) is 16.3. The number of hydrogen-bond donors (Lipinski definition) is 0. The molecule has 0 atom stereocenters. The number of carbonyl (C=O) groups is 1. The summed E-state index contributed by atoms with van der Waals surface area (Å²) < 4.78 is 5.54. The molecule has 0 saturated carbocycles. The van der Waals surface area contributed by atoms with Crippen molar-refractivity contribution >= 4 is 5.91 Å². The van der Waals surface area contributed by atoms with Crippen molar-refractivity contribution in [2.24, 2.45) is 0 Å². The van der Waals surface area contributed by atoms with Crippen LogP contribution >= 0.6 is 0 Å². The molecule has 0 N–H and O–H groups in total. The molecule has 0 unspecified atom stereocenters. The second-order valence-electron chi connectivity index (χ2n) is 4.09. The standard InChI is InChI=1S/C13H19NO3/c1-9-6-10(2)13(11(3)7-9)17-8-12(15)14(4)16-5/h6-7H,8H2,1-5H3. The molecule has 4 heteroatoms. The zero-order valence-corrected chi connectivity index (χ0v) is 11.0. The van der Waals surface area contributed by atoms with Gasteiger partial charge >= 0.3 is 0 Å². The number of hydroxylamine groups is 2. The number of nitrogens with zero attached hydrogens (tertiary/aromatic N) is 1. The maximum Gasteiger partial charge on any atom is 0.283 e. The summed E-state index contributed by atoms with van der Waals surface area (Å²) in [5.74, 6) is 0.556. The van der Waals surface area contributed by atoms with Gasteiger partial charge in [-0.15, -0.1) is 0 Å². The summed E-state index contributed by atoms with van der Waals surface area (Å²) in [6, 6.07) is 4.07. The Morgan fingerprint density at radius 2 is 1.76 bits per heavy atom. The number of ether oxygens (including phenoxy) is 1. The third-order valence-electron chi connectivity index (χ3n) is 2.57. The molecule has 0 spiro atoms. The molecule has 4 nitrogen and oxygen atoms in total. The molecule has 1 aromatic carbocycles. The summed E-state index contributed by atoms with van der Waals surface area (Å²) in [7, 11) is 3.00. The van der Waals surface area contributed by atoms with Crippen molar-refractivity contribution in [1.82, 2.24) is 5.06 Å². The predicted octanol–water partition coefficient (Wildman–Crippen LogP) is 2.01. The Kier molecular flexibility index (Phi) is 4.52. The van der Waals surface area contributed by atoms with E-state index in [1.54, 1.807) is 7.05 Å². The van der Waals surface area contributed by atoms with Crippen LogP contribution in [0.15, 0.2) is 12.1 Å². The Balaban J connectivity index is 2.73. The zero-order valence-electron chi connectivity index (χ0n) is 11.0. The number of aryl methyl sites for hydroxylation is 3. The minimum absolute atomic E-state index is 0.0188. The highest BCUT2D eigenvalue weighted by atomic mass is 16.7. The average Bonchev–Trinajstić information content (AvgIpc) is 2.26.